The first-order chi connectivity index (χ1) is 13.4. The number of nitrogens with zero attached hydrogens (tertiary/aromatic N) is 1. The van der Waals surface area contributed by atoms with Crippen LogP contribution in [0.1, 0.15) is 17.5 Å². The fourth-order valence-corrected chi connectivity index (χ4v) is 4.26. The molecule has 0 aromatic heterocycles. The minimum absolute atomic E-state index is 0.0622. The van der Waals surface area contributed by atoms with Gasteiger partial charge >= 0.3 is 0 Å². The monoisotopic (exact) mass is 399 g/mol. The molecular formula is C20H21N3O4S. The molecule has 1 aliphatic rings. The topological polar surface area (TPSA) is 95.6 Å². The molecule has 7 nitrogen and oxygen atoms in total. The largest absolute Gasteiger partial charge is 0.352 e. The average Bonchev–Trinajstić information content (AvgIpc) is 2.69. The van der Waals surface area contributed by atoms with Gasteiger partial charge in [-0.15, -0.1) is 0 Å². The molecule has 0 saturated carbocycles. The van der Waals surface area contributed by atoms with Crippen LogP contribution < -0.4 is 10.6 Å². The standard InChI is InChI=1S/C20H21N3O4S/c1-15-7-9-17(10-8-15)28(26,27)23-12-11-21-20(25)18(23)13-19(24)22-14-16-5-3-2-4-6-16/h2-12,18H,13-14H2,1H3,(H,21,25)(H,22,24)/t18-/m1/s1. The smallest absolute Gasteiger partial charge is 0.264 e. The number of amides is 2. The highest BCUT2D eigenvalue weighted by molar-refractivity contribution is 7.89. The summed E-state index contributed by atoms with van der Waals surface area (Å²) in [6.45, 7) is 2.15. The third kappa shape index (κ3) is 4.40. The molecule has 1 atom stereocenters. The van der Waals surface area contributed by atoms with Gasteiger partial charge in [-0.2, -0.15) is 0 Å². The molecule has 0 fully saturated rings. The Labute approximate surface area is 164 Å². The summed E-state index contributed by atoms with van der Waals surface area (Å²) in [5.74, 6) is -0.962. The van der Waals surface area contributed by atoms with Crippen LogP contribution in [0.5, 0.6) is 0 Å². The lowest BCUT2D eigenvalue weighted by molar-refractivity contribution is -0.129. The van der Waals surface area contributed by atoms with Gasteiger partial charge < -0.3 is 10.6 Å². The molecule has 2 aromatic carbocycles. The highest BCUT2D eigenvalue weighted by atomic mass is 32.2. The summed E-state index contributed by atoms with van der Waals surface area (Å²) in [4.78, 5) is 24.7. The van der Waals surface area contributed by atoms with E-state index in [1.165, 1.54) is 24.5 Å². The van der Waals surface area contributed by atoms with Crippen molar-refractivity contribution in [3.63, 3.8) is 0 Å². The SMILES string of the molecule is Cc1ccc(S(=O)(=O)N2C=CNC(=O)[C@H]2CC(=O)NCc2ccccc2)cc1. The van der Waals surface area contributed by atoms with Gasteiger partial charge in [-0.25, -0.2) is 8.42 Å². The number of carbonyl (C=O) groups is 2. The van der Waals surface area contributed by atoms with Crippen molar-refractivity contribution in [3.05, 3.63) is 78.1 Å². The Morgan fingerprint density at radius 2 is 1.79 bits per heavy atom. The number of benzene rings is 2. The van der Waals surface area contributed by atoms with E-state index in [0.29, 0.717) is 6.54 Å². The van der Waals surface area contributed by atoms with E-state index in [1.54, 1.807) is 12.1 Å². The highest BCUT2D eigenvalue weighted by Gasteiger charge is 2.36. The maximum atomic E-state index is 13.0. The lowest BCUT2D eigenvalue weighted by Crippen LogP contribution is -2.51. The van der Waals surface area contributed by atoms with E-state index in [2.05, 4.69) is 10.6 Å². The summed E-state index contributed by atoms with van der Waals surface area (Å²) in [5, 5.41) is 5.19. The van der Waals surface area contributed by atoms with Crippen LogP contribution in [0, 0.1) is 6.92 Å². The Kier molecular flexibility index (Phi) is 5.79. The van der Waals surface area contributed by atoms with E-state index < -0.39 is 27.9 Å². The van der Waals surface area contributed by atoms with Crippen LogP contribution in [-0.2, 0) is 26.2 Å². The van der Waals surface area contributed by atoms with Crippen molar-refractivity contribution in [1.29, 1.82) is 0 Å². The summed E-state index contributed by atoms with van der Waals surface area (Å²) in [5.41, 5.74) is 1.83. The van der Waals surface area contributed by atoms with Crippen LogP contribution in [0.4, 0.5) is 0 Å². The summed E-state index contributed by atoms with van der Waals surface area (Å²) in [7, 11) is -3.97. The molecule has 146 valence electrons. The minimum atomic E-state index is -3.97. The molecule has 0 bridgehead atoms. The van der Waals surface area contributed by atoms with Crippen LogP contribution >= 0.6 is 0 Å². The van der Waals surface area contributed by atoms with E-state index in [9.17, 15) is 18.0 Å². The van der Waals surface area contributed by atoms with Crippen molar-refractivity contribution in [2.24, 2.45) is 0 Å². The third-order valence-corrected chi connectivity index (χ3v) is 6.16. The minimum Gasteiger partial charge on any atom is -0.352 e. The molecule has 2 N–H and O–H groups in total. The van der Waals surface area contributed by atoms with Crippen molar-refractivity contribution < 1.29 is 18.0 Å². The van der Waals surface area contributed by atoms with Crippen molar-refractivity contribution in [1.82, 2.24) is 14.9 Å². The Balaban J connectivity index is 1.76. The summed E-state index contributed by atoms with van der Waals surface area (Å²) in [6, 6.07) is 14.5. The molecule has 0 spiro atoms. The molecule has 2 amide bonds. The predicted molar refractivity (Wildman–Crippen MR) is 104 cm³/mol. The molecule has 0 unspecified atom stereocenters. The van der Waals surface area contributed by atoms with Gasteiger partial charge in [0.15, 0.2) is 0 Å². The number of hydrogen-bond donors (Lipinski definition) is 2. The summed E-state index contributed by atoms with van der Waals surface area (Å²) in [6.07, 6.45) is 2.24. The molecular weight excluding hydrogens is 378 g/mol. The van der Waals surface area contributed by atoms with Crippen LogP contribution in [0.2, 0.25) is 0 Å². The Hall–Kier alpha value is -3.13. The zero-order valence-corrected chi connectivity index (χ0v) is 16.1. The summed E-state index contributed by atoms with van der Waals surface area (Å²) < 4.78 is 26.9. The molecule has 2 aromatic rings. The average molecular weight is 399 g/mol. The summed E-state index contributed by atoms with van der Waals surface area (Å²) >= 11 is 0. The van der Waals surface area contributed by atoms with E-state index in [-0.39, 0.29) is 11.3 Å². The van der Waals surface area contributed by atoms with Crippen LogP contribution in [-0.4, -0.2) is 30.6 Å². The van der Waals surface area contributed by atoms with Crippen molar-refractivity contribution in [2.75, 3.05) is 0 Å². The first kappa shape index (κ1) is 19.6. The molecule has 0 aliphatic carbocycles. The third-order valence-electron chi connectivity index (χ3n) is 4.36. The number of carbonyl (C=O) groups excluding carboxylic acids is 2. The molecule has 0 radical (unpaired) electrons. The molecule has 3 rings (SSSR count). The highest BCUT2D eigenvalue weighted by Crippen LogP contribution is 2.22. The van der Waals surface area contributed by atoms with Gasteiger partial charge in [0.05, 0.1) is 11.3 Å². The lowest BCUT2D eigenvalue weighted by atomic mass is 10.1. The second-order valence-electron chi connectivity index (χ2n) is 6.45. The number of nitrogens with one attached hydrogen (secondary N) is 2. The number of sulfonamides is 1. The van der Waals surface area contributed by atoms with Crippen molar-refractivity contribution in [2.45, 2.75) is 30.8 Å². The second kappa shape index (κ2) is 8.26. The second-order valence-corrected chi connectivity index (χ2v) is 8.30. The number of hydrogen-bond acceptors (Lipinski definition) is 4. The van der Waals surface area contributed by atoms with Crippen LogP contribution in [0.15, 0.2) is 71.9 Å². The molecule has 1 aliphatic heterocycles. The van der Waals surface area contributed by atoms with E-state index in [4.69, 9.17) is 0 Å². The molecule has 28 heavy (non-hydrogen) atoms. The van der Waals surface area contributed by atoms with E-state index in [1.807, 2.05) is 37.3 Å². The Morgan fingerprint density at radius 3 is 2.46 bits per heavy atom. The van der Waals surface area contributed by atoms with Gasteiger partial charge in [-0.1, -0.05) is 48.0 Å². The van der Waals surface area contributed by atoms with Gasteiger partial charge in [-0.05, 0) is 24.6 Å². The fraction of sp³-hybridized carbons (Fsp3) is 0.200. The van der Waals surface area contributed by atoms with E-state index >= 15 is 0 Å². The first-order valence-corrected chi connectivity index (χ1v) is 10.2. The maximum Gasteiger partial charge on any atom is 0.264 e. The lowest BCUT2D eigenvalue weighted by Gasteiger charge is -2.31. The van der Waals surface area contributed by atoms with Gasteiger partial charge in [0.2, 0.25) is 11.8 Å². The van der Waals surface area contributed by atoms with Crippen LogP contribution in [0.3, 0.4) is 0 Å². The van der Waals surface area contributed by atoms with Crippen molar-refractivity contribution >= 4 is 21.8 Å². The van der Waals surface area contributed by atoms with Gasteiger partial charge in [0.1, 0.15) is 6.04 Å². The van der Waals surface area contributed by atoms with Gasteiger partial charge in [0, 0.05) is 18.9 Å². The van der Waals surface area contributed by atoms with Crippen LogP contribution in [0.25, 0.3) is 0 Å². The molecule has 8 heteroatoms. The number of aryl methyl sites for hydroxylation is 1. The fourth-order valence-electron chi connectivity index (χ4n) is 2.82. The van der Waals surface area contributed by atoms with E-state index in [0.717, 1.165) is 15.4 Å². The Bertz CT molecular complexity index is 986. The maximum absolute atomic E-state index is 13.0. The zero-order valence-electron chi connectivity index (χ0n) is 15.3. The quantitative estimate of drug-likeness (QED) is 0.772. The van der Waals surface area contributed by atoms with Gasteiger partial charge in [-0.3, -0.25) is 13.9 Å². The Morgan fingerprint density at radius 1 is 1.11 bits per heavy atom. The number of rotatable bonds is 6. The molecule has 0 saturated heterocycles. The predicted octanol–water partition coefficient (Wildman–Crippen LogP) is 1.66. The normalized spacial score (nSPS) is 16.5. The van der Waals surface area contributed by atoms with Gasteiger partial charge in [0.25, 0.3) is 10.0 Å². The first-order valence-electron chi connectivity index (χ1n) is 8.76. The van der Waals surface area contributed by atoms with Crippen molar-refractivity contribution in [3.8, 4) is 0 Å². The molecule has 1 heterocycles. The zero-order chi connectivity index (χ0) is 20.1.